The van der Waals surface area contributed by atoms with E-state index in [-0.39, 0.29) is 0 Å². The maximum Gasteiger partial charge on any atom is 0.236 e. The Balaban J connectivity index is 1.17. The van der Waals surface area contributed by atoms with E-state index in [1.165, 1.54) is 51.4 Å². The highest BCUT2D eigenvalue weighted by Gasteiger charge is 2.30. The van der Waals surface area contributed by atoms with Crippen molar-refractivity contribution in [2.75, 3.05) is 58.9 Å². The minimum Gasteiger partial charge on any atom is -0.339 e. The first-order chi connectivity index (χ1) is 12.3. The molecule has 0 aromatic carbocycles. The summed E-state index contributed by atoms with van der Waals surface area (Å²) in [4.78, 5) is 22.5. The third-order valence-corrected chi connectivity index (χ3v) is 7.11. The summed E-state index contributed by atoms with van der Waals surface area (Å²) < 4.78 is 0. The summed E-state index contributed by atoms with van der Waals surface area (Å²) in [5, 5.41) is 0. The Bertz CT molecular complexity index is 429. The fraction of sp³-hybridized carbons (Fsp3) is 0.950. The van der Waals surface area contributed by atoms with Crippen LogP contribution in [-0.2, 0) is 4.79 Å². The Morgan fingerprint density at radius 2 is 1.08 bits per heavy atom. The molecule has 5 heteroatoms. The fourth-order valence-electron chi connectivity index (χ4n) is 5.45. The van der Waals surface area contributed by atoms with Gasteiger partial charge in [-0.15, -0.1) is 0 Å². The van der Waals surface area contributed by atoms with Crippen LogP contribution in [0, 0.1) is 0 Å². The second-order valence-electron chi connectivity index (χ2n) is 8.61. The molecule has 1 amide bonds. The Morgan fingerprint density at radius 1 is 0.640 bits per heavy atom. The normalized spacial score (nSPS) is 28.9. The summed E-state index contributed by atoms with van der Waals surface area (Å²) >= 11 is 0. The Kier molecular flexibility index (Phi) is 5.94. The van der Waals surface area contributed by atoms with Gasteiger partial charge < -0.3 is 4.90 Å². The van der Waals surface area contributed by atoms with Gasteiger partial charge in [-0.25, -0.2) is 0 Å². The smallest absolute Gasteiger partial charge is 0.236 e. The highest BCUT2D eigenvalue weighted by atomic mass is 16.2. The van der Waals surface area contributed by atoms with Crippen LogP contribution in [0.15, 0.2) is 0 Å². The number of amides is 1. The molecular weight excluding hydrogens is 312 g/mol. The van der Waals surface area contributed by atoms with Gasteiger partial charge in [0, 0.05) is 64.4 Å². The van der Waals surface area contributed by atoms with E-state index in [1.54, 1.807) is 0 Å². The van der Waals surface area contributed by atoms with Crippen molar-refractivity contribution in [3.8, 4) is 0 Å². The van der Waals surface area contributed by atoms with E-state index >= 15 is 0 Å². The van der Waals surface area contributed by atoms with Gasteiger partial charge in [0.2, 0.25) is 5.91 Å². The monoisotopic (exact) mass is 348 g/mol. The van der Waals surface area contributed by atoms with Crippen LogP contribution in [0.4, 0.5) is 0 Å². The van der Waals surface area contributed by atoms with E-state index < -0.39 is 0 Å². The first kappa shape index (κ1) is 17.7. The third-order valence-electron chi connectivity index (χ3n) is 7.11. The van der Waals surface area contributed by atoms with Gasteiger partial charge >= 0.3 is 0 Å². The number of hydrogen-bond acceptors (Lipinski definition) is 4. The average molecular weight is 349 g/mol. The standard InChI is InChI=1S/C20H36N4O/c25-20(24-15-13-23(14-16-24)19-7-3-4-8-19)17-21-9-11-22(12-10-21)18-5-1-2-6-18/h18-19H,1-17H2. The lowest BCUT2D eigenvalue weighted by Gasteiger charge is -2.40. The lowest BCUT2D eigenvalue weighted by atomic mass is 10.1. The van der Waals surface area contributed by atoms with Crippen molar-refractivity contribution in [2.45, 2.75) is 63.5 Å². The van der Waals surface area contributed by atoms with E-state index in [0.29, 0.717) is 12.5 Å². The topological polar surface area (TPSA) is 30.0 Å². The molecule has 0 radical (unpaired) electrons. The second kappa shape index (κ2) is 8.36. The van der Waals surface area contributed by atoms with Crippen LogP contribution >= 0.6 is 0 Å². The molecule has 2 heterocycles. The molecule has 0 aromatic heterocycles. The van der Waals surface area contributed by atoms with Gasteiger partial charge in [-0.1, -0.05) is 25.7 Å². The minimum atomic E-state index is 0.361. The van der Waals surface area contributed by atoms with Gasteiger partial charge in [0.05, 0.1) is 6.54 Å². The molecule has 25 heavy (non-hydrogen) atoms. The average Bonchev–Trinajstić information content (AvgIpc) is 3.36. The van der Waals surface area contributed by atoms with Crippen molar-refractivity contribution in [3.05, 3.63) is 0 Å². The molecule has 0 N–H and O–H groups in total. The van der Waals surface area contributed by atoms with E-state index in [0.717, 1.165) is 64.4 Å². The minimum absolute atomic E-state index is 0.361. The van der Waals surface area contributed by atoms with Crippen LogP contribution in [-0.4, -0.2) is 96.5 Å². The molecule has 2 saturated heterocycles. The quantitative estimate of drug-likeness (QED) is 0.773. The molecule has 0 aromatic rings. The number of rotatable bonds is 4. The maximum absolute atomic E-state index is 12.7. The zero-order valence-corrected chi connectivity index (χ0v) is 15.9. The molecule has 0 bridgehead atoms. The molecule has 142 valence electrons. The molecule has 2 aliphatic heterocycles. The van der Waals surface area contributed by atoms with E-state index in [1.807, 2.05) is 0 Å². The lowest BCUT2D eigenvalue weighted by molar-refractivity contribution is -0.135. The van der Waals surface area contributed by atoms with Gasteiger partial charge in [-0.05, 0) is 25.7 Å². The molecule has 5 nitrogen and oxygen atoms in total. The van der Waals surface area contributed by atoms with Gasteiger partial charge in [0.15, 0.2) is 0 Å². The van der Waals surface area contributed by atoms with Crippen molar-refractivity contribution < 1.29 is 4.79 Å². The molecule has 4 aliphatic rings. The van der Waals surface area contributed by atoms with Crippen molar-refractivity contribution in [2.24, 2.45) is 0 Å². The lowest BCUT2D eigenvalue weighted by Crippen LogP contribution is -2.55. The van der Waals surface area contributed by atoms with Crippen LogP contribution < -0.4 is 0 Å². The Hall–Kier alpha value is -0.650. The molecular formula is C20H36N4O. The summed E-state index contributed by atoms with van der Waals surface area (Å²) in [7, 11) is 0. The largest absolute Gasteiger partial charge is 0.339 e. The summed E-state index contributed by atoms with van der Waals surface area (Å²) in [6.45, 7) is 9.17. The highest BCUT2D eigenvalue weighted by Crippen LogP contribution is 2.25. The van der Waals surface area contributed by atoms with Gasteiger partial charge in [0.25, 0.3) is 0 Å². The summed E-state index contributed by atoms with van der Waals surface area (Å²) in [6, 6.07) is 1.64. The SMILES string of the molecule is O=C(CN1CCN(C2CCCC2)CC1)N1CCN(C2CCCC2)CC1. The highest BCUT2D eigenvalue weighted by molar-refractivity contribution is 5.78. The summed E-state index contributed by atoms with van der Waals surface area (Å²) in [6.07, 6.45) is 11.2. The van der Waals surface area contributed by atoms with E-state index in [2.05, 4.69) is 19.6 Å². The van der Waals surface area contributed by atoms with Gasteiger partial charge in [-0.3, -0.25) is 19.5 Å². The fourth-order valence-corrected chi connectivity index (χ4v) is 5.45. The molecule has 2 saturated carbocycles. The van der Waals surface area contributed by atoms with E-state index in [4.69, 9.17) is 0 Å². The Morgan fingerprint density at radius 3 is 1.56 bits per heavy atom. The van der Waals surface area contributed by atoms with Crippen LogP contribution in [0.2, 0.25) is 0 Å². The van der Waals surface area contributed by atoms with Crippen molar-refractivity contribution >= 4 is 5.91 Å². The zero-order chi connectivity index (χ0) is 17.1. The number of nitrogens with zero attached hydrogens (tertiary/aromatic N) is 4. The molecule has 0 atom stereocenters. The van der Waals surface area contributed by atoms with Gasteiger partial charge in [0.1, 0.15) is 0 Å². The third kappa shape index (κ3) is 4.37. The number of piperazine rings is 2. The molecule has 4 fully saturated rings. The predicted molar refractivity (Wildman–Crippen MR) is 101 cm³/mol. The van der Waals surface area contributed by atoms with Crippen molar-refractivity contribution in [3.63, 3.8) is 0 Å². The predicted octanol–water partition coefficient (Wildman–Crippen LogP) is 1.63. The second-order valence-corrected chi connectivity index (χ2v) is 8.61. The number of hydrogen-bond donors (Lipinski definition) is 0. The number of carbonyl (C=O) groups excluding carboxylic acids is 1. The summed E-state index contributed by atoms with van der Waals surface area (Å²) in [5.41, 5.74) is 0. The van der Waals surface area contributed by atoms with Crippen LogP contribution in [0.3, 0.4) is 0 Å². The van der Waals surface area contributed by atoms with Crippen LogP contribution in [0.25, 0.3) is 0 Å². The maximum atomic E-state index is 12.7. The van der Waals surface area contributed by atoms with Crippen molar-refractivity contribution in [1.29, 1.82) is 0 Å². The molecule has 4 rings (SSSR count). The van der Waals surface area contributed by atoms with E-state index in [9.17, 15) is 4.79 Å². The Labute approximate surface area is 153 Å². The first-order valence-electron chi connectivity index (χ1n) is 10.8. The number of carbonyl (C=O) groups is 1. The summed E-state index contributed by atoms with van der Waals surface area (Å²) in [5.74, 6) is 0.361. The zero-order valence-electron chi connectivity index (χ0n) is 15.9. The van der Waals surface area contributed by atoms with Crippen LogP contribution in [0.5, 0.6) is 0 Å². The molecule has 0 unspecified atom stereocenters. The van der Waals surface area contributed by atoms with Gasteiger partial charge in [-0.2, -0.15) is 0 Å². The molecule has 0 spiro atoms. The molecule has 2 aliphatic carbocycles. The van der Waals surface area contributed by atoms with Crippen LogP contribution in [0.1, 0.15) is 51.4 Å². The first-order valence-corrected chi connectivity index (χ1v) is 10.8. The van der Waals surface area contributed by atoms with Crippen molar-refractivity contribution in [1.82, 2.24) is 19.6 Å².